The highest BCUT2D eigenvalue weighted by Crippen LogP contribution is 2.46. The third kappa shape index (κ3) is 15.3. The number of carbonyl (C=O) groups excluding carboxylic acids is 2. The lowest BCUT2D eigenvalue weighted by molar-refractivity contribution is -0.152. The Kier molecular flexibility index (Phi) is 14.1. The predicted molar refractivity (Wildman–Crippen MR) is 107 cm³/mol. The minimum absolute atomic E-state index is 0.0401. The Bertz CT molecular complexity index is 369. The van der Waals surface area contributed by atoms with Crippen molar-refractivity contribution in [1.29, 1.82) is 0 Å². The Morgan fingerprint density at radius 1 is 0.920 bits per heavy atom. The van der Waals surface area contributed by atoms with E-state index < -0.39 is 13.3 Å². The Morgan fingerprint density at radius 3 is 2.24 bits per heavy atom. The number of rotatable bonds is 15. The average Bonchev–Trinajstić information content (AvgIpc) is 2.54. The smallest absolute Gasteiger partial charge is 0.323 e. The first-order valence-corrected chi connectivity index (χ1v) is 13.0. The van der Waals surface area contributed by atoms with Crippen LogP contribution in [0.15, 0.2) is 0 Å². The second-order valence-electron chi connectivity index (χ2n) is 7.53. The number of unbranched alkanes of at least 4 members (excludes halogenated alkanes) is 3. The zero-order valence-electron chi connectivity index (χ0n) is 16.9. The van der Waals surface area contributed by atoms with E-state index in [-0.39, 0.29) is 18.4 Å². The van der Waals surface area contributed by atoms with Crippen LogP contribution in [-0.4, -0.2) is 63.9 Å². The van der Waals surface area contributed by atoms with Gasteiger partial charge in [-0.1, -0.05) is 33.1 Å². The first-order chi connectivity index (χ1) is 11.8. The van der Waals surface area contributed by atoms with Crippen LogP contribution < -0.4 is 5.32 Å². The van der Waals surface area contributed by atoms with Gasteiger partial charge in [0.25, 0.3) is 0 Å². The standard InChI is InChI=1S/C19H39NO4P/c1-6-8-9-10-14-24-19(22)17(16-18(21)23-13-7-2)20-12-11-15-25(3,4)5/h17,20H,6-16H2,1-5H3/q+1. The molecule has 0 radical (unpaired) electrons. The van der Waals surface area contributed by atoms with E-state index >= 15 is 0 Å². The molecule has 0 aliphatic rings. The molecule has 0 spiro atoms. The van der Waals surface area contributed by atoms with Crippen molar-refractivity contribution in [3.05, 3.63) is 0 Å². The SMILES string of the molecule is CCCCCCOC(=O)C(CC(=O)OCCC)NCCC[P+](C)(C)C. The maximum atomic E-state index is 12.3. The third-order valence-electron chi connectivity index (χ3n) is 3.76. The van der Waals surface area contributed by atoms with Crippen LogP contribution in [0.5, 0.6) is 0 Å². The zero-order valence-corrected chi connectivity index (χ0v) is 17.8. The van der Waals surface area contributed by atoms with Crippen molar-refractivity contribution in [3.63, 3.8) is 0 Å². The Labute approximate surface area is 154 Å². The lowest BCUT2D eigenvalue weighted by Gasteiger charge is -2.18. The van der Waals surface area contributed by atoms with Gasteiger partial charge in [-0.05, 0) is 25.8 Å². The molecule has 148 valence electrons. The molecule has 0 bridgehead atoms. The van der Waals surface area contributed by atoms with Crippen LogP contribution in [0.25, 0.3) is 0 Å². The molecule has 0 saturated heterocycles. The lowest BCUT2D eigenvalue weighted by atomic mass is 10.2. The van der Waals surface area contributed by atoms with Gasteiger partial charge in [-0.15, -0.1) is 0 Å². The number of carbonyl (C=O) groups is 2. The van der Waals surface area contributed by atoms with Gasteiger partial charge < -0.3 is 14.8 Å². The molecule has 5 nitrogen and oxygen atoms in total. The third-order valence-corrected chi connectivity index (χ3v) is 5.42. The number of esters is 2. The maximum Gasteiger partial charge on any atom is 0.323 e. The highest BCUT2D eigenvalue weighted by Gasteiger charge is 2.24. The van der Waals surface area contributed by atoms with E-state index in [1.54, 1.807) is 0 Å². The normalized spacial score (nSPS) is 12.7. The van der Waals surface area contributed by atoms with E-state index in [1.807, 2.05) is 6.92 Å². The van der Waals surface area contributed by atoms with Crippen molar-refractivity contribution in [2.24, 2.45) is 0 Å². The van der Waals surface area contributed by atoms with Gasteiger partial charge >= 0.3 is 11.9 Å². The monoisotopic (exact) mass is 376 g/mol. The summed E-state index contributed by atoms with van der Waals surface area (Å²) in [6.45, 7) is 12.5. The van der Waals surface area contributed by atoms with Crippen LogP contribution in [0.4, 0.5) is 0 Å². The van der Waals surface area contributed by atoms with Crippen molar-refractivity contribution < 1.29 is 19.1 Å². The number of hydrogen-bond donors (Lipinski definition) is 1. The van der Waals surface area contributed by atoms with Gasteiger partial charge in [-0.2, -0.15) is 0 Å². The predicted octanol–water partition coefficient (Wildman–Crippen LogP) is 3.71. The van der Waals surface area contributed by atoms with Crippen molar-refractivity contribution in [3.8, 4) is 0 Å². The molecule has 0 aromatic heterocycles. The zero-order chi connectivity index (χ0) is 19.1. The number of nitrogens with one attached hydrogen (secondary N) is 1. The second-order valence-corrected chi connectivity index (χ2v) is 12.6. The van der Waals surface area contributed by atoms with E-state index in [1.165, 1.54) is 6.16 Å². The number of hydrogen-bond acceptors (Lipinski definition) is 5. The summed E-state index contributed by atoms with van der Waals surface area (Å²) in [7, 11) is -0.818. The molecule has 0 aromatic rings. The first-order valence-electron chi connectivity index (χ1n) is 9.66. The van der Waals surface area contributed by atoms with Crippen LogP contribution in [0.3, 0.4) is 0 Å². The van der Waals surface area contributed by atoms with Crippen LogP contribution >= 0.6 is 7.26 Å². The van der Waals surface area contributed by atoms with Crippen molar-refractivity contribution in [2.75, 3.05) is 45.9 Å². The van der Waals surface area contributed by atoms with Gasteiger partial charge in [0.15, 0.2) is 0 Å². The van der Waals surface area contributed by atoms with E-state index in [4.69, 9.17) is 9.47 Å². The Morgan fingerprint density at radius 2 is 1.64 bits per heavy atom. The highest BCUT2D eigenvalue weighted by atomic mass is 31.2. The molecular formula is C19H39NO4P+. The van der Waals surface area contributed by atoms with Crippen LogP contribution in [0.2, 0.25) is 0 Å². The first kappa shape index (κ1) is 24.3. The van der Waals surface area contributed by atoms with Crippen LogP contribution in [0, 0.1) is 0 Å². The summed E-state index contributed by atoms with van der Waals surface area (Å²) >= 11 is 0. The molecule has 0 fully saturated rings. The fourth-order valence-corrected chi connectivity index (χ4v) is 3.42. The van der Waals surface area contributed by atoms with Crippen molar-refractivity contribution in [2.45, 2.75) is 64.8 Å². The molecule has 0 aliphatic carbocycles. The summed E-state index contributed by atoms with van der Waals surface area (Å²) in [4.78, 5) is 24.2. The lowest BCUT2D eigenvalue weighted by Crippen LogP contribution is -2.41. The highest BCUT2D eigenvalue weighted by molar-refractivity contribution is 7.73. The minimum atomic E-state index is -0.818. The molecule has 0 heterocycles. The Hall–Kier alpha value is -0.670. The van der Waals surface area contributed by atoms with Crippen molar-refractivity contribution >= 4 is 19.2 Å². The molecule has 6 heteroatoms. The summed E-state index contributed by atoms with van der Waals surface area (Å²) in [6, 6.07) is -0.603. The molecule has 0 amide bonds. The maximum absolute atomic E-state index is 12.3. The minimum Gasteiger partial charge on any atom is -0.466 e. The molecule has 1 atom stereocenters. The molecule has 1 N–H and O–H groups in total. The molecular weight excluding hydrogens is 337 g/mol. The fourth-order valence-electron chi connectivity index (χ4n) is 2.31. The number of ether oxygens (including phenoxy) is 2. The quantitative estimate of drug-likeness (QED) is 0.268. The van der Waals surface area contributed by atoms with Crippen molar-refractivity contribution in [1.82, 2.24) is 5.32 Å². The van der Waals surface area contributed by atoms with E-state index in [2.05, 4.69) is 32.2 Å². The van der Waals surface area contributed by atoms with E-state index in [9.17, 15) is 9.59 Å². The molecule has 0 aliphatic heterocycles. The molecule has 1 unspecified atom stereocenters. The van der Waals surface area contributed by atoms with Gasteiger partial charge in [0.05, 0.1) is 25.8 Å². The summed E-state index contributed by atoms with van der Waals surface area (Å²) < 4.78 is 10.5. The van der Waals surface area contributed by atoms with Crippen LogP contribution in [-0.2, 0) is 19.1 Å². The van der Waals surface area contributed by atoms with Gasteiger partial charge in [0, 0.05) is 27.3 Å². The summed E-state index contributed by atoms with van der Waals surface area (Å²) in [5.74, 6) is -0.680. The van der Waals surface area contributed by atoms with Gasteiger partial charge in [0.2, 0.25) is 0 Å². The fraction of sp³-hybridized carbons (Fsp3) is 0.895. The summed E-state index contributed by atoms with van der Waals surface area (Å²) in [5, 5.41) is 3.19. The van der Waals surface area contributed by atoms with E-state index in [0.717, 1.165) is 38.5 Å². The molecule has 0 rings (SSSR count). The summed E-state index contributed by atoms with van der Waals surface area (Å²) in [6.07, 6.45) is 7.23. The average molecular weight is 376 g/mol. The largest absolute Gasteiger partial charge is 0.466 e. The molecule has 0 aromatic carbocycles. The second kappa shape index (κ2) is 14.5. The van der Waals surface area contributed by atoms with Gasteiger partial charge in [0.1, 0.15) is 6.04 Å². The topological polar surface area (TPSA) is 64.6 Å². The van der Waals surface area contributed by atoms with Crippen LogP contribution in [0.1, 0.15) is 58.8 Å². The summed E-state index contributed by atoms with van der Waals surface area (Å²) in [5.41, 5.74) is 0. The van der Waals surface area contributed by atoms with Gasteiger partial charge in [-0.25, -0.2) is 0 Å². The Balaban J connectivity index is 4.34. The van der Waals surface area contributed by atoms with Gasteiger partial charge in [-0.3, -0.25) is 9.59 Å². The molecule has 25 heavy (non-hydrogen) atoms. The molecule has 0 saturated carbocycles. The van der Waals surface area contributed by atoms with E-state index in [0.29, 0.717) is 19.8 Å².